The molecule has 63 heavy (non-hydrogen) atoms. The SMILES string of the molecule is C/C=C\C(=C/CC)c1ccc(-c2nc(-c3ccc(-c4ccccc4)cc3)nc(-c3cccc4oc5c(-n6c7c(c8c(-c9ccccc9)cccc86)C=CCC7)cccc5c34)n2)cc1. The number of furan rings is 1. The molecule has 5 nitrogen and oxygen atoms in total. The van der Waals surface area contributed by atoms with Gasteiger partial charge in [-0.3, -0.25) is 0 Å². The molecule has 0 atom stereocenters. The maximum Gasteiger partial charge on any atom is 0.164 e. The Labute approximate surface area is 367 Å². The molecule has 10 aromatic rings. The second-order valence-electron chi connectivity index (χ2n) is 16.0. The molecule has 0 fully saturated rings. The molecule has 1 aliphatic rings. The number of fused-ring (bicyclic) bond motifs is 6. The molecule has 0 radical (unpaired) electrons. The zero-order valence-electron chi connectivity index (χ0n) is 35.3. The van der Waals surface area contributed by atoms with Gasteiger partial charge in [0.25, 0.3) is 0 Å². The minimum atomic E-state index is 0.590. The molecule has 0 saturated carbocycles. The molecule has 0 bridgehead atoms. The summed E-state index contributed by atoms with van der Waals surface area (Å²) in [7, 11) is 0. The van der Waals surface area contributed by atoms with Gasteiger partial charge in [0.05, 0.1) is 11.2 Å². The van der Waals surface area contributed by atoms with Gasteiger partial charge in [0, 0.05) is 44.1 Å². The largest absolute Gasteiger partial charge is 0.454 e. The Hall–Kier alpha value is -7.89. The van der Waals surface area contributed by atoms with Crippen LogP contribution in [-0.4, -0.2) is 19.5 Å². The third kappa shape index (κ3) is 6.79. The van der Waals surface area contributed by atoms with Crippen molar-refractivity contribution in [2.45, 2.75) is 33.1 Å². The number of hydrogen-bond acceptors (Lipinski definition) is 4. The second kappa shape index (κ2) is 16.2. The van der Waals surface area contributed by atoms with Crippen molar-refractivity contribution in [3.8, 4) is 62.1 Å². The standard InChI is InChI=1S/C58H44N4O/c1-3-16-38(17-4-2)40-30-34-43(35-31-40)56-59-57(44-36-32-41(33-37-44)39-18-7-5-8-19-39)61-58(60-56)48-25-15-29-52-54(48)47-24-14-28-51(55(47)63-52)62-49-26-12-11-22-46(49)53-45(23-13-27-50(53)62)42-20-9-6-10-21-42/h3,5-11,13-25,27-37H,4,12,26H2,1-2H3/b16-3-,38-17+. The van der Waals surface area contributed by atoms with Crippen LogP contribution in [0.25, 0.3) is 107 Å². The van der Waals surface area contributed by atoms with Gasteiger partial charge in [0.15, 0.2) is 23.1 Å². The summed E-state index contributed by atoms with van der Waals surface area (Å²) < 4.78 is 9.40. The summed E-state index contributed by atoms with van der Waals surface area (Å²) in [6.07, 6.45) is 14.0. The highest BCUT2D eigenvalue weighted by molar-refractivity contribution is 6.14. The van der Waals surface area contributed by atoms with Crippen LogP contribution in [0.15, 0.2) is 193 Å². The fourth-order valence-electron chi connectivity index (χ4n) is 9.29. The van der Waals surface area contributed by atoms with Crippen LogP contribution in [0.5, 0.6) is 0 Å². The van der Waals surface area contributed by atoms with Crippen LogP contribution >= 0.6 is 0 Å². The summed E-state index contributed by atoms with van der Waals surface area (Å²) >= 11 is 0. The third-order valence-electron chi connectivity index (χ3n) is 12.2. The summed E-state index contributed by atoms with van der Waals surface area (Å²) in [5.74, 6) is 1.81. The lowest BCUT2D eigenvalue weighted by atomic mass is 9.95. The molecule has 7 aromatic carbocycles. The predicted octanol–water partition coefficient (Wildman–Crippen LogP) is 15.4. The predicted molar refractivity (Wildman–Crippen MR) is 262 cm³/mol. The minimum absolute atomic E-state index is 0.590. The average molecular weight is 813 g/mol. The summed E-state index contributed by atoms with van der Waals surface area (Å²) in [6.45, 7) is 4.22. The zero-order chi connectivity index (χ0) is 42.3. The van der Waals surface area contributed by atoms with E-state index in [1.165, 1.54) is 38.9 Å². The summed E-state index contributed by atoms with van der Waals surface area (Å²) in [5.41, 5.74) is 16.2. The fraction of sp³-hybridized carbons (Fsp3) is 0.0862. The lowest BCUT2D eigenvalue weighted by molar-refractivity contribution is 0.665. The van der Waals surface area contributed by atoms with Crippen molar-refractivity contribution in [1.82, 2.24) is 19.5 Å². The summed E-state index contributed by atoms with van der Waals surface area (Å²) in [4.78, 5) is 15.6. The number of rotatable bonds is 9. The van der Waals surface area contributed by atoms with Crippen LogP contribution in [0.2, 0.25) is 0 Å². The number of aromatic nitrogens is 4. The van der Waals surface area contributed by atoms with Gasteiger partial charge in [0.1, 0.15) is 5.58 Å². The molecule has 3 aromatic heterocycles. The highest BCUT2D eigenvalue weighted by Gasteiger charge is 2.25. The Balaban J connectivity index is 1.09. The van der Waals surface area contributed by atoms with Crippen LogP contribution in [0.3, 0.4) is 0 Å². The Morgan fingerprint density at radius 1 is 0.603 bits per heavy atom. The number of allylic oxidation sites excluding steroid dienone is 5. The first-order valence-corrected chi connectivity index (χ1v) is 21.9. The van der Waals surface area contributed by atoms with Gasteiger partial charge >= 0.3 is 0 Å². The van der Waals surface area contributed by atoms with Crippen molar-refractivity contribution in [2.24, 2.45) is 0 Å². The molecular weight excluding hydrogens is 769 g/mol. The fourth-order valence-corrected chi connectivity index (χ4v) is 9.29. The Morgan fingerprint density at radius 2 is 1.24 bits per heavy atom. The van der Waals surface area contributed by atoms with E-state index in [0.717, 1.165) is 80.3 Å². The Kier molecular flexibility index (Phi) is 9.78. The smallest absolute Gasteiger partial charge is 0.164 e. The molecule has 3 heterocycles. The summed E-state index contributed by atoms with van der Waals surface area (Å²) in [5, 5.41) is 3.25. The molecule has 0 aliphatic heterocycles. The van der Waals surface area contributed by atoms with Gasteiger partial charge < -0.3 is 8.98 Å². The van der Waals surface area contributed by atoms with E-state index in [1.807, 2.05) is 12.1 Å². The van der Waals surface area contributed by atoms with E-state index < -0.39 is 0 Å². The van der Waals surface area contributed by atoms with Gasteiger partial charge in [0.2, 0.25) is 0 Å². The lowest BCUT2D eigenvalue weighted by Gasteiger charge is -2.13. The molecular formula is C58H44N4O. The maximum absolute atomic E-state index is 6.96. The van der Waals surface area contributed by atoms with E-state index >= 15 is 0 Å². The van der Waals surface area contributed by atoms with E-state index in [9.17, 15) is 0 Å². The lowest BCUT2D eigenvalue weighted by Crippen LogP contribution is -2.03. The normalized spacial score (nSPS) is 12.8. The quantitative estimate of drug-likeness (QED) is 0.136. The number of para-hydroxylation sites is 1. The van der Waals surface area contributed by atoms with Crippen molar-refractivity contribution in [2.75, 3.05) is 0 Å². The minimum Gasteiger partial charge on any atom is -0.454 e. The molecule has 0 N–H and O–H groups in total. The maximum atomic E-state index is 6.96. The molecule has 302 valence electrons. The highest BCUT2D eigenvalue weighted by Crippen LogP contribution is 2.44. The number of nitrogens with zero attached hydrogens (tertiary/aromatic N) is 4. The Bertz CT molecular complexity index is 3410. The van der Waals surface area contributed by atoms with Crippen LogP contribution in [0.4, 0.5) is 0 Å². The Morgan fingerprint density at radius 3 is 1.97 bits per heavy atom. The van der Waals surface area contributed by atoms with Crippen molar-refractivity contribution in [3.63, 3.8) is 0 Å². The monoisotopic (exact) mass is 812 g/mol. The zero-order valence-corrected chi connectivity index (χ0v) is 35.3. The first-order chi connectivity index (χ1) is 31.2. The highest BCUT2D eigenvalue weighted by atomic mass is 16.3. The first kappa shape index (κ1) is 38.1. The van der Waals surface area contributed by atoms with Gasteiger partial charge in [-0.2, -0.15) is 0 Å². The number of hydrogen-bond donors (Lipinski definition) is 0. The molecule has 0 spiro atoms. The van der Waals surface area contributed by atoms with Gasteiger partial charge in [-0.25, -0.2) is 15.0 Å². The molecule has 11 rings (SSSR count). The van der Waals surface area contributed by atoms with Crippen LogP contribution in [0, 0.1) is 0 Å². The third-order valence-corrected chi connectivity index (χ3v) is 12.2. The van der Waals surface area contributed by atoms with Crippen LogP contribution < -0.4 is 0 Å². The van der Waals surface area contributed by atoms with Crippen molar-refractivity contribution < 1.29 is 4.42 Å². The van der Waals surface area contributed by atoms with E-state index in [0.29, 0.717) is 17.5 Å². The van der Waals surface area contributed by atoms with Crippen LogP contribution in [-0.2, 0) is 6.42 Å². The van der Waals surface area contributed by atoms with E-state index in [4.69, 9.17) is 19.4 Å². The van der Waals surface area contributed by atoms with Crippen LogP contribution in [0.1, 0.15) is 43.5 Å². The first-order valence-electron chi connectivity index (χ1n) is 21.9. The van der Waals surface area contributed by atoms with Gasteiger partial charge in [-0.1, -0.05) is 183 Å². The summed E-state index contributed by atoms with van der Waals surface area (Å²) in [6, 6.07) is 57.5. The van der Waals surface area contributed by atoms with Crippen molar-refractivity contribution in [1.29, 1.82) is 0 Å². The molecule has 0 amide bonds. The molecule has 0 unspecified atom stereocenters. The molecule has 0 saturated heterocycles. The molecule has 5 heteroatoms. The van der Waals surface area contributed by atoms with Gasteiger partial charge in [-0.15, -0.1) is 0 Å². The second-order valence-corrected chi connectivity index (χ2v) is 16.0. The van der Waals surface area contributed by atoms with Gasteiger partial charge in [-0.05, 0) is 77.8 Å². The van der Waals surface area contributed by atoms with Crippen molar-refractivity contribution >= 4 is 44.5 Å². The van der Waals surface area contributed by atoms with E-state index in [-0.39, 0.29) is 0 Å². The van der Waals surface area contributed by atoms with E-state index in [2.05, 4.69) is 200 Å². The van der Waals surface area contributed by atoms with Crippen molar-refractivity contribution in [3.05, 3.63) is 205 Å². The van der Waals surface area contributed by atoms with E-state index in [1.54, 1.807) is 0 Å². The molecule has 1 aliphatic carbocycles. The topological polar surface area (TPSA) is 56.7 Å². The average Bonchev–Trinajstić information content (AvgIpc) is 3.91. The number of benzene rings is 7.